The third kappa shape index (κ3) is 2.52. The van der Waals surface area contributed by atoms with E-state index in [0.29, 0.717) is 0 Å². The second-order valence-electron chi connectivity index (χ2n) is 3.12. The van der Waals surface area contributed by atoms with Gasteiger partial charge in [-0.25, -0.2) is 0 Å². The molecule has 2 aromatic carbocycles. The van der Waals surface area contributed by atoms with Crippen LogP contribution < -0.4 is 0 Å². The van der Waals surface area contributed by atoms with Crippen LogP contribution in [0.4, 0.5) is 0 Å². The Hall–Kier alpha value is -0.120. The molecule has 2 aromatic rings. The summed E-state index contributed by atoms with van der Waals surface area (Å²) in [5.41, 5.74) is 2.41. The molecule has 0 nitrogen and oxygen atoms in total. The second-order valence-corrected chi connectivity index (χ2v) is 5.62. The quantitative estimate of drug-likeness (QED) is 0.552. The monoisotopic (exact) mass is 388 g/mol. The van der Waals surface area contributed by atoms with Crippen LogP contribution in [0.15, 0.2) is 55.9 Å². The Bertz CT molecular complexity index is 454. The second kappa shape index (κ2) is 4.81. The van der Waals surface area contributed by atoms with Crippen molar-refractivity contribution in [1.29, 1.82) is 0 Å². The Kier molecular flexibility index (Phi) is 3.65. The average Bonchev–Trinajstić information content (AvgIpc) is 2.26. The van der Waals surface area contributed by atoms with Crippen molar-refractivity contribution >= 4 is 47.8 Å². The molecule has 0 spiro atoms. The highest BCUT2D eigenvalue weighted by atomic mass is 79.9. The molecule has 0 atom stereocenters. The van der Waals surface area contributed by atoms with Crippen LogP contribution in [0.3, 0.4) is 0 Å². The summed E-state index contributed by atoms with van der Waals surface area (Å²) in [6.07, 6.45) is 0. The zero-order valence-electron chi connectivity index (χ0n) is 7.68. The van der Waals surface area contributed by atoms with Crippen molar-refractivity contribution in [2.24, 2.45) is 0 Å². The lowest BCUT2D eigenvalue weighted by molar-refractivity contribution is 1.52. The fraction of sp³-hybridized carbons (Fsp3) is 0. The smallest absolute Gasteiger partial charge is 0.0459 e. The van der Waals surface area contributed by atoms with E-state index in [2.05, 4.69) is 72.1 Å². The molecule has 0 unspecified atom stereocenters. The number of hydrogen-bond acceptors (Lipinski definition) is 0. The van der Waals surface area contributed by atoms with E-state index in [-0.39, 0.29) is 0 Å². The van der Waals surface area contributed by atoms with Crippen molar-refractivity contribution < 1.29 is 0 Å². The van der Waals surface area contributed by atoms with Gasteiger partial charge in [-0.3, -0.25) is 0 Å². The predicted molar refractivity (Wildman–Crippen MR) is 75.0 cm³/mol. The molecule has 0 fully saturated rings. The van der Waals surface area contributed by atoms with Crippen LogP contribution in [-0.4, -0.2) is 0 Å². The topological polar surface area (TPSA) is 0 Å². The molecule has 0 aliphatic carbocycles. The fourth-order valence-electron chi connectivity index (χ4n) is 1.35. The summed E-state index contributed by atoms with van der Waals surface area (Å²) in [5.74, 6) is 0. The molecule has 76 valence electrons. The molecule has 0 saturated heterocycles. The van der Waals surface area contributed by atoms with Crippen LogP contribution in [0.25, 0.3) is 11.1 Å². The van der Waals surface area contributed by atoms with Gasteiger partial charge in [-0.15, -0.1) is 0 Å². The Morgan fingerprint density at radius 2 is 1.20 bits per heavy atom. The highest BCUT2D eigenvalue weighted by molar-refractivity contribution is 9.14. The minimum Gasteiger partial charge on any atom is -0.0622 e. The maximum atomic E-state index is 3.52. The predicted octanol–water partition coefficient (Wildman–Crippen LogP) is 5.64. The zero-order chi connectivity index (χ0) is 10.8. The van der Waals surface area contributed by atoms with Gasteiger partial charge in [0.15, 0.2) is 0 Å². The summed E-state index contributed by atoms with van der Waals surface area (Å²) >= 11 is 10.5. The minimum absolute atomic E-state index is 1.04. The Labute approximate surface area is 114 Å². The lowest BCUT2D eigenvalue weighted by Gasteiger charge is -2.05. The number of hydrogen-bond donors (Lipinski definition) is 0. The largest absolute Gasteiger partial charge is 0.0622 e. The van der Waals surface area contributed by atoms with Crippen LogP contribution >= 0.6 is 47.8 Å². The van der Waals surface area contributed by atoms with Crippen molar-refractivity contribution in [3.8, 4) is 11.1 Å². The standard InChI is InChI=1S/C12H7Br3/c13-10-6-9(7-11(14)12(10)15)8-4-2-1-3-5-8/h1-7H. The summed E-state index contributed by atoms with van der Waals surface area (Å²) in [6.45, 7) is 0. The SMILES string of the molecule is Brc1cc(-c2ccccc2)cc(Br)c1Br. The lowest BCUT2D eigenvalue weighted by atomic mass is 10.1. The van der Waals surface area contributed by atoms with Gasteiger partial charge in [0.25, 0.3) is 0 Å². The molecule has 0 aromatic heterocycles. The van der Waals surface area contributed by atoms with E-state index in [9.17, 15) is 0 Å². The van der Waals surface area contributed by atoms with Crippen LogP contribution in [0.5, 0.6) is 0 Å². The van der Waals surface area contributed by atoms with Gasteiger partial charge in [0.05, 0.1) is 0 Å². The van der Waals surface area contributed by atoms with Gasteiger partial charge in [0.1, 0.15) is 0 Å². The molecule has 2 rings (SSSR count). The lowest BCUT2D eigenvalue weighted by Crippen LogP contribution is -1.80. The van der Waals surface area contributed by atoms with Crippen molar-refractivity contribution in [2.75, 3.05) is 0 Å². The van der Waals surface area contributed by atoms with Crippen molar-refractivity contribution in [2.45, 2.75) is 0 Å². The minimum atomic E-state index is 1.04. The van der Waals surface area contributed by atoms with E-state index in [1.54, 1.807) is 0 Å². The molecule has 15 heavy (non-hydrogen) atoms. The molecule has 0 amide bonds. The zero-order valence-corrected chi connectivity index (χ0v) is 12.4. The van der Waals surface area contributed by atoms with E-state index in [4.69, 9.17) is 0 Å². The van der Waals surface area contributed by atoms with E-state index in [0.717, 1.165) is 13.4 Å². The Morgan fingerprint density at radius 1 is 0.667 bits per heavy atom. The van der Waals surface area contributed by atoms with Gasteiger partial charge in [-0.2, -0.15) is 0 Å². The summed E-state index contributed by atoms with van der Waals surface area (Å²) in [4.78, 5) is 0. The number of halogens is 3. The number of benzene rings is 2. The first-order valence-corrected chi connectivity index (χ1v) is 6.76. The Morgan fingerprint density at radius 3 is 1.73 bits per heavy atom. The molecular weight excluding hydrogens is 384 g/mol. The van der Waals surface area contributed by atoms with Crippen LogP contribution in [0.2, 0.25) is 0 Å². The van der Waals surface area contributed by atoms with Crippen molar-refractivity contribution in [3.05, 3.63) is 55.9 Å². The first-order valence-electron chi connectivity index (χ1n) is 4.38. The molecule has 0 bridgehead atoms. The molecule has 0 heterocycles. The van der Waals surface area contributed by atoms with Crippen LogP contribution in [0, 0.1) is 0 Å². The van der Waals surface area contributed by atoms with Gasteiger partial charge in [-0.05, 0) is 71.0 Å². The van der Waals surface area contributed by atoms with Crippen molar-refractivity contribution in [3.63, 3.8) is 0 Å². The fourth-order valence-corrected chi connectivity index (χ4v) is 2.77. The highest BCUT2D eigenvalue weighted by Gasteiger charge is 2.05. The van der Waals surface area contributed by atoms with E-state index >= 15 is 0 Å². The summed E-state index contributed by atoms with van der Waals surface area (Å²) in [6, 6.07) is 14.5. The maximum Gasteiger partial charge on any atom is 0.0459 e. The van der Waals surface area contributed by atoms with E-state index in [1.165, 1.54) is 11.1 Å². The normalized spacial score (nSPS) is 10.3. The van der Waals surface area contributed by atoms with Gasteiger partial charge < -0.3 is 0 Å². The van der Waals surface area contributed by atoms with Gasteiger partial charge in [-0.1, -0.05) is 30.3 Å². The third-order valence-corrected chi connectivity index (χ3v) is 5.26. The van der Waals surface area contributed by atoms with Crippen LogP contribution in [0.1, 0.15) is 0 Å². The van der Waals surface area contributed by atoms with Gasteiger partial charge >= 0.3 is 0 Å². The highest BCUT2D eigenvalue weighted by Crippen LogP contribution is 2.35. The molecular formula is C12H7Br3. The molecule has 0 saturated carbocycles. The summed E-state index contributed by atoms with van der Waals surface area (Å²) in [5, 5.41) is 0. The third-order valence-electron chi connectivity index (χ3n) is 2.09. The summed E-state index contributed by atoms with van der Waals surface area (Å²) < 4.78 is 3.15. The Balaban J connectivity index is 2.56. The van der Waals surface area contributed by atoms with Gasteiger partial charge in [0, 0.05) is 13.4 Å². The summed E-state index contributed by atoms with van der Waals surface area (Å²) in [7, 11) is 0. The molecule has 0 aliphatic rings. The van der Waals surface area contributed by atoms with Crippen LogP contribution in [-0.2, 0) is 0 Å². The van der Waals surface area contributed by atoms with Gasteiger partial charge in [0.2, 0.25) is 0 Å². The molecule has 0 aliphatic heterocycles. The maximum absolute atomic E-state index is 3.52. The average molecular weight is 391 g/mol. The molecule has 0 N–H and O–H groups in total. The molecule has 3 heteroatoms. The first-order chi connectivity index (χ1) is 7.18. The molecule has 0 radical (unpaired) electrons. The first kappa shape index (κ1) is 11.4. The van der Waals surface area contributed by atoms with Crippen molar-refractivity contribution in [1.82, 2.24) is 0 Å². The van der Waals surface area contributed by atoms with E-state index < -0.39 is 0 Å². The van der Waals surface area contributed by atoms with E-state index in [1.807, 2.05) is 18.2 Å². The number of rotatable bonds is 1.